The first-order valence-corrected chi connectivity index (χ1v) is 3.58. The second-order valence-electron chi connectivity index (χ2n) is 2.21. The van der Waals surface area contributed by atoms with Crippen molar-refractivity contribution in [1.29, 1.82) is 0 Å². The van der Waals surface area contributed by atoms with Crippen LogP contribution in [0.1, 0.15) is 12.6 Å². The summed E-state index contributed by atoms with van der Waals surface area (Å²) in [5.41, 5.74) is 0.194. The van der Waals surface area contributed by atoms with Crippen LogP contribution in [0, 0.1) is 0 Å². The molecule has 0 saturated heterocycles. The minimum absolute atomic E-state index is 0.194. The Morgan fingerprint density at radius 1 is 1.31 bits per heavy atom. The van der Waals surface area contributed by atoms with Crippen LogP contribution in [-0.2, 0) is 6.42 Å². The average Bonchev–Trinajstić information content (AvgIpc) is 2.02. The predicted molar refractivity (Wildman–Crippen MR) is 38.1 cm³/mol. The fourth-order valence-corrected chi connectivity index (χ4v) is 0.791. The Kier molecular flexibility index (Phi) is 2.69. The van der Waals surface area contributed by atoms with Crippen LogP contribution in [0.5, 0.6) is 5.88 Å². The number of hydrogen-bond donors (Lipinski definition) is 0. The smallest absolute Gasteiger partial charge is 0.386 e. The molecular formula is C7H7F3N2O. The molecule has 0 saturated carbocycles. The van der Waals surface area contributed by atoms with Crippen molar-refractivity contribution in [1.82, 2.24) is 9.97 Å². The SMILES string of the molecule is CCc1nccnc1OC(F)(F)F. The molecule has 0 aromatic carbocycles. The molecule has 1 heterocycles. The van der Waals surface area contributed by atoms with Crippen LogP contribution in [-0.4, -0.2) is 16.3 Å². The molecule has 0 N–H and O–H groups in total. The Morgan fingerprint density at radius 2 is 1.92 bits per heavy atom. The summed E-state index contributed by atoms with van der Waals surface area (Å²) < 4.78 is 39.0. The highest BCUT2D eigenvalue weighted by atomic mass is 19.4. The van der Waals surface area contributed by atoms with Gasteiger partial charge in [0, 0.05) is 12.4 Å². The Balaban J connectivity index is 2.87. The number of ether oxygens (including phenoxy) is 1. The quantitative estimate of drug-likeness (QED) is 0.718. The molecule has 0 unspecified atom stereocenters. The zero-order valence-corrected chi connectivity index (χ0v) is 6.80. The number of rotatable bonds is 2. The van der Waals surface area contributed by atoms with Crippen molar-refractivity contribution < 1.29 is 17.9 Å². The molecule has 0 fully saturated rings. The van der Waals surface area contributed by atoms with Gasteiger partial charge in [0.15, 0.2) is 0 Å². The van der Waals surface area contributed by atoms with E-state index in [2.05, 4.69) is 14.7 Å². The molecule has 0 spiro atoms. The highest BCUT2D eigenvalue weighted by Crippen LogP contribution is 2.22. The third-order valence-corrected chi connectivity index (χ3v) is 1.28. The van der Waals surface area contributed by atoms with Crippen molar-refractivity contribution in [3.05, 3.63) is 18.1 Å². The molecule has 1 aromatic heterocycles. The molecule has 0 bridgehead atoms. The van der Waals surface area contributed by atoms with Crippen molar-refractivity contribution in [2.24, 2.45) is 0 Å². The summed E-state index contributed by atoms with van der Waals surface area (Å²) in [7, 11) is 0. The number of alkyl halides is 3. The standard InChI is InChI=1S/C7H7F3N2O/c1-2-5-6(12-4-3-11-5)13-7(8,9)10/h3-4H,2H2,1H3. The van der Waals surface area contributed by atoms with E-state index in [0.29, 0.717) is 6.42 Å². The molecule has 0 radical (unpaired) electrons. The van der Waals surface area contributed by atoms with Gasteiger partial charge in [-0.3, -0.25) is 4.98 Å². The molecule has 72 valence electrons. The normalized spacial score (nSPS) is 11.4. The largest absolute Gasteiger partial charge is 0.574 e. The van der Waals surface area contributed by atoms with Gasteiger partial charge < -0.3 is 4.74 Å². The van der Waals surface area contributed by atoms with Gasteiger partial charge in [-0.1, -0.05) is 6.92 Å². The molecule has 0 aliphatic heterocycles. The summed E-state index contributed by atoms with van der Waals surface area (Å²) in [6.45, 7) is 1.67. The zero-order chi connectivity index (χ0) is 9.90. The maximum Gasteiger partial charge on any atom is 0.574 e. The molecule has 6 heteroatoms. The Bertz CT molecular complexity index is 287. The molecule has 0 amide bonds. The van der Waals surface area contributed by atoms with E-state index in [0.717, 1.165) is 6.20 Å². The van der Waals surface area contributed by atoms with Crippen LogP contribution >= 0.6 is 0 Å². The van der Waals surface area contributed by atoms with Gasteiger partial charge in [0.1, 0.15) is 5.69 Å². The summed E-state index contributed by atoms with van der Waals surface area (Å²) in [5, 5.41) is 0. The second kappa shape index (κ2) is 3.59. The molecule has 1 aromatic rings. The van der Waals surface area contributed by atoms with Crippen LogP contribution in [0.4, 0.5) is 13.2 Å². The fraction of sp³-hybridized carbons (Fsp3) is 0.429. The van der Waals surface area contributed by atoms with Gasteiger partial charge in [-0.15, -0.1) is 13.2 Å². The first-order chi connectivity index (χ1) is 6.03. The van der Waals surface area contributed by atoms with Crippen molar-refractivity contribution in [3.63, 3.8) is 0 Å². The molecule has 0 atom stereocenters. The van der Waals surface area contributed by atoms with Gasteiger partial charge in [-0.2, -0.15) is 0 Å². The van der Waals surface area contributed by atoms with E-state index in [1.807, 2.05) is 0 Å². The van der Waals surface area contributed by atoms with Crippen LogP contribution in [0.2, 0.25) is 0 Å². The first-order valence-electron chi connectivity index (χ1n) is 3.58. The highest BCUT2D eigenvalue weighted by Gasteiger charge is 2.32. The van der Waals surface area contributed by atoms with Gasteiger partial charge >= 0.3 is 6.36 Å². The van der Waals surface area contributed by atoms with Crippen LogP contribution < -0.4 is 4.74 Å². The third kappa shape index (κ3) is 2.89. The number of aryl methyl sites for hydroxylation is 1. The topological polar surface area (TPSA) is 35.0 Å². The Labute approximate surface area is 72.6 Å². The maximum absolute atomic E-state index is 11.8. The lowest BCUT2D eigenvalue weighted by molar-refractivity contribution is -0.276. The van der Waals surface area contributed by atoms with Gasteiger partial charge in [0.2, 0.25) is 5.88 Å². The molecule has 0 aliphatic rings. The van der Waals surface area contributed by atoms with Crippen molar-refractivity contribution in [2.75, 3.05) is 0 Å². The Morgan fingerprint density at radius 3 is 2.46 bits per heavy atom. The summed E-state index contributed by atoms with van der Waals surface area (Å²) in [6.07, 6.45) is -1.89. The minimum Gasteiger partial charge on any atom is -0.386 e. The third-order valence-electron chi connectivity index (χ3n) is 1.28. The number of aromatic nitrogens is 2. The number of hydrogen-bond acceptors (Lipinski definition) is 3. The van der Waals surface area contributed by atoms with Gasteiger partial charge in [0.05, 0.1) is 0 Å². The first kappa shape index (κ1) is 9.76. The van der Waals surface area contributed by atoms with E-state index in [1.165, 1.54) is 6.20 Å². The summed E-state index contributed by atoms with van der Waals surface area (Å²) in [6, 6.07) is 0. The molecule has 0 aliphatic carbocycles. The summed E-state index contributed by atoms with van der Waals surface area (Å²) >= 11 is 0. The van der Waals surface area contributed by atoms with E-state index in [9.17, 15) is 13.2 Å². The molecular weight excluding hydrogens is 185 g/mol. The summed E-state index contributed by atoms with van der Waals surface area (Å²) in [4.78, 5) is 7.12. The molecule has 13 heavy (non-hydrogen) atoms. The second-order valence-corrected chi connectivity index (χ2v) is 2.21. The number of nitrogens with zero attached hydrogens (tertiary/aromatic N) is 2. The van der Waals surface area contributed by atoms with Gasteiger partial charge in [0.25, 0.3) is 0 Å². The van der Waals surface area contributed by atoms with Crippen molar-refractivity contribution in [2.45, 2.75) is 19.7 Å². The highest BCUT2D eigenvalue weighted by molar-refractivity contribution is 5.16. The molecule has 1 rings (SSSR count). The lowest BCUT2D eigenvalue weighted by Crippen LogP contribution is -2.19. The van der Waals surface area contributed by atoms with Crippen LogP contribution in [0.15, 0.2) is 12.4 Å². The van der Waals surface area contributed by atoms with Crippen molar-refractivity contribution in [3.8, 4) is 5.88 Å². The maximum atomic E-state index is 11.8. The predicted octanol–water partition coefficient (Wildman–Crippen LogP) is 1.94. The van der Waals surface area contributed by atoms with Gasteiger partial charge in [-0.05, 0) is 6.42 Å². The van der Waals surface area contributed by atoms with E-state index in [-0.39, 0.29) is 5.69 Å². The molecule has 3 nitrogen and oxygen atoms in total. The van der Waals surface area contributed by atoms with E-state index < -0.39 is 12.2 Å². The van der Waals surface area contributed by atoms with Gasteiger partial charge in [-0.25, -0.2) is 4.98 Å². The van der Waals surface area contributed by atoms with E-state index in [4.69, 9.17) is 0 Å². The number of halogens is 3. The lowest BCUT2D eigenvalue weighted by Gasteiger charge is -2.09. The van der Waals surface area contributed by atoms with Crippen LogP contribution in [0.3, 0.4) is 0 Å². The van der Waals surface area contributed by atoms with Crippen molar-refractivity contribution >= 4 is 0 Å². The van der Waals surface area contributed by atoms with Crippen LogP contribution in [0.25, 0.3) is 0 Å². The van der Waals surface area contributed by atoms with E-state index >= 15 is 0 Å². The fourth-order valence-electron chi connectivity index (χ4n) is 0.791. The zero-order valence-electron chi connectivity index (χ0n) is 6.80. The Hall–Kier alpha value is -1.33. The van der Waals surface area contributed by atoms with E-state index in [1.54, 1.807) is 6.92 Å². The monoisotopic (exact) mass is 192 g/mol. The average molecular weight is 192 g/mol. The summed E-state index contributed by atoms with van der Waals surface area (Å²) in [5.74, 6) is -0.475. The lowest BCUT2D eigenvalue weighted by atomic mass is 10.3. The minimum atomic E-state index is -4.71.